The molecule has 1 fully saturated rings. The molecule has 0 amide bonds. The molecule has 80 valence electrons. The monoisotopic (exact) mass is 202 g/mol. The molecule has 0 saturated carbocycles. The van der Waals surface area contributed by atoms with Crippen molar-refractivity contribution >= 4 is 5.69 Å². The van der Waals surface area contributed by atoms with E-state index in [1.54, 1.807) is 0 Å². The van der Waals surface area contributed by atoms with Gasteiger partial charge in [0.15, 0.2) is 0 Å². The summed E-state index contributed by atoms with van der Waals surface area (Å²) in [6.07, 6.45) is 5.13. The fourth-order valence-electron chi connectivity index (χ4n) is 3.13. The van der Waals surface area contributed by atoms with Gasteiger partial charge in [0.05, 0.1) is 0 Å². The highest BCUT2D eigenvalue weighted by atomic mass is 14.9. The van der Waals surface area contributed by atoms with Crippen LogP contribution < -0.4 is 11.1 Å². The van der Waals surface area contributed by atoms with Crippen molar-refractivity contribution in [2.45, 2.75) is 37.6 Å². The van der Waals surface area contributed by atoms with Crippen molar-refractivity contribution in [2.75, 3.05) is 12.3 Å². The highest BCUT2D eigenvalue weighted by Gasteiger charge is 2.31. The van der Waals surface area contributed by atoms with Gasteiger partial charge in [-0.1, -0.05) is 6.07 Å². The van der Waals surface area contributed by atoms with Crippen molar-refractivity contribution in [3.8, 4) is 0 Å². The Morgan fingerprint density at radius 3 is 3.13 bits per heavy atom. The van der Waals surface area contributed by atoms with Crippen LogP contribution in [0, 0.1) is 0 Å². The van der Waals surface area contributed by atoms with E-state index in [0.29, 0.717) is 12.0 Å². The second-order valence-corrected chi connectivity index (χ2v) is 4.81. The van der Waals surface area contributed by atoms with Crippen molar-refractivity contribution in [1.29, 1.82) is 0 Å². The van der Waals surface area contributed by atoms with E-state index in [1.807, 2.05) is 6.07 Å². The Kier molecular flexibility index (Phi) is 2.17. The SMILES string of the molecule is Nc1ccc2c(c1)C1CCCNC1CC2. The molecule has 3 N–H and O–H groups in total. The lowest BCUT2D eigenvalue weighted by atomic mass is 9.75. The van der Waals surface area contributed by atoms with E-state index in [2.05, 4.69) is 17.4 Å². The zero-order chi connectivity index (χ0) is 10.3. The third-order valence-electron chi connectivity index (χ3n) is 3.88. The second-order valence-electron chi connectivity index (χ2n) is 4.81. The molecule has 1 aliphatic heterocycles. The summed E-state index contributed by atoms with van der Waals surface area (Å²) in [6.45, 7) is 1.19. The molecular formula is C13H18N2. The lowest BCUT2D eigenvalue weighted by molar-refractivity contribution is 0.319. The van der Waals surface area contributed by atoms with Crippen LogP contribution in [0.25, 0.3) is 0 Å². The Bertz CT molecular complexity index is 373. The zero-order valence-electron chi connectivity index (χ0n) is 9.00. The van der Waals surface area contributed by atoms with E-state index in [-0.39, 0.29) is 0 Å². The molecule has 0 radical (unpaired) electrons. The number of benzene rings is 1. The normalized spacial score (nSPS) is 29.3. The number of piperidine rings is 1. The van der Waals surface area contributed by atoms with Crippen molar-refractivity contribution in [3.63, 3.8) is 0 Å². The third kappa shape index (κ3) is 1.53. The predicted octanol–water partition coefficient (Wildman–Crippen LogP) is 2.05. The molecule has 1 heterocycles. The molecule has 1 aromatic carbocycles. The maximum absolute atomic E-state index is 5.88. The van der Waals surface area contributed by atoms with Crippen LogP contribution in [0.5, 0.6) is 0 Å². The molecule has 1 aromatic rings. The van der Waals surface area contributed by atoms with Crippen LogP contribution in [-0.4, -0.2) is 12.6 Å². The Labute approximate surface area is 90.9 Å². The molecule has 1 saturated heterocycles. The number of nitrogens with one attached hydrogen (secondary N) is 1. The van der Waals surface area contributed by atoms with Gasteiger partial charge in [-0.2, -0.15) is 0 Å². The van der Waals surface area contributed by atoms with Gasteiger partial charge in [0.25, 0.3) is 0 Å². The molecule has 2 unspecified atom stereocenters. The van der Waals surface area contributed by atoms with E-state index in [1.165, 1.54) is 43.4 Å². The third-order valence-corrected chi connectivity index (χ3v) is 3.88. The Hall–Kier alpha value is -1.02. The van der Waals surface area contributed by atoms with Crippen LogP contribution in [-0.2, 0) is 6.42 Å². The summed E-state index contributed by atoms with van der Waals surface area (Å²) in [5, 5.41) is 3.64. The number of hydrogen-bond acceptors (Lipinski definition) is 2. The van der Waals surface area contributed by atoms with Crippen molar-refractivity contribution in [1.82, 2.24) is 5.32 Å². The van der Waals surface area contributed by atoms with Crippen LogP contribution in [0.2, 0.25) is 0 Å². The maximum atomic E-state index is 5.88. The summed E-state index contributed by atoms with van der Waals surface area (Å²) in [5.41, 5.74) is 9.83. The molecular weight excluding hydrogens is 184 g/mol. The van der Waals surface area contributed by atoms with Gasteiger partial charge in [-0.15, -0.1) is 0 Å². The molecule has 0 bridgehead atoms. The molecule has 1 aliphatic carbocycles. The van der Waals surface area contributed by atoms with Gasteiger partial charge in [-0.05, 0) is 61.4 Å². The smallest absolute Gasteiger partial charge is 0.0317 e. The minimum atomic E-state index is 0.702. The summed E-state index contributed by atoms with van der Waals surface area (Å²) in [4.78, 5) is 0. The van der Waals surface area contributed by atoms with Crippen LogP contribution >= 0.6 is 0 Å². The average Bonchev–Trinajstić information content (AvgIpc) is 2.29. The molecule has 2 heteroatoms. The quantitative estimate of drug-likeness (QED) is 0.632. The average molecular weight is 202 g/mol. The number of aryl methyl sites for hydroxylation is 1. The van der Waals surface area contributed by atoms with Gasteiger partial charge in [0.2, 0.25) is 0 Å². The molecule has 2 aliphatic rings. The van der Waals surface area contributed by atoms with Crippen LogP contribution in [0.1, 0.15) is 36.3 Å². The first-order valence-corrected chi connectivity index (χ1v) is 5.96. The first-order chi connectivity index (χ1) is 7.34. The molecule has 2 atom stereocenters. The summed E-state index contributed by atoms with van der Waals surface area (Å²) >= 11 is 0. The highest BCUT2D eigenvalue weighted by Crippen LogP contribution is 2.37. The first kappa shape index (κ1) is 9.22. The first-order valence-electron chi connectivity index (χ1n) is 5.96. The Morgan fingerprint density at radius 1 is 1.27 bits per heavy atom. The lowest BCUT2D eigenvalue weighted by Gasteiger charge is -2.38. The van der Waals surface area contributed by atoms with Crippen molar-refractivity contribution < 1.29 is 0 Å². The number of hydrogen-bond donors (Lipinski definition) is 2. The summed E-state index contributed by atoms with van der Waals surface area (Å²) in [6, 6.07) is 7.15. The largest absolute Gasteiger partial charge is 0.399 e. The summed E-state index contributed by atoms with van der Waals surface area (Å²) in [5.74, 6) is 0.714. The van der Waals surface area contributed by atoms with Crippen molar-refractivity contribution in [2.24, 2.45) is 0 Å². The number of fused-ring (bicyclic) bond motifs is 3. The van der Waals surface area contributed by atoms with Gasteiger partial charge in [0, 0.05) is 11.7 Å². The van der Waals surface area contributed by atoms with Gasteiger partial charge in [-0.25, -0.2) is 0 Å². The minimum Gasteiger partial charge on any atom is -0.399 e. The molecule has 0 aromatic heterocycles. The molecule has 15 heavy (non-hydrogen) atoms. The minimum absolute atomic E-state index is 0.702. The highest BCUT2D eigenvalue weighted by molar-refractivity contribution is 5.47. The van der Waals surface area contributed by atoms with E-state index < -0.39 is 0 Å². The summed E-state index contributed by atoms with van der Waals surface area (Å²) < 4.78 is 0. The fourth-order valence-corrected chi connectivity index (χ4v) is 3.13. The van der Waals surface area contributed by atoms with Gasteiger partial charge >= 0.3 is 0 Å². The number of anilines is 1. The maximum Gasteiger partial charge on any atom is 0.0317 e. The number of nitrogens with two attached hydrogens (primary N) is 1. The van der Waals surface area contributed by atoms with Crippen LogP contribution in [0.3, 0.4) is 0 Å². The van der Waals surface area contributed by atoms with Crippen LogP contribution in [0.4, 0.5) is 5.69 Å². The van der Waals surface area contributed by atoms with Crippen LogP contribution in [0.15, 0.2) is 18.2 Å². The standard InChI is InChI=1S/C13H18N2/c14-10-5-3-9-4-6-13-11(12(9)8-10)2-1-7-15-13/h3,5,8,11,13,15H,1-2,4,6-7,14H2. The topological polar surface area (TPSA) is 38.0 Å². The predicted molar refractivity (Wildman–Crippen MR) is 62.9 cm³/mol. The van der Waals surface area contributed by atoms with E-state index in [4.69, 9.17) is 5.73 Å². The molecule has 2 nitrogen and oxygen atoms in total. The van der Waals surface area contributed by atoms with Crippen molar-refractivity contribution in [3.05, 3.63) is 29.3 Å². The lowest BCUT2D eigenvalue weighted by Crippen LogP contribution is -2.42. The van der Waals surface area contributed by atoms with E-state index >= 15 is 0 Å². The summed E-state index contributed by atoms with van der Waals surface area (Å²) in [7, 11) is 0. The Balaban J connectivity index is 2.01. The van der Waals surface area contributed by atoms with Gasteiger partial charge in [0.1, 0.15) is 0 Å². The molecule has 3 rings (SSSR count). The van der Waals surface area contributed by atoms with E-state index in [9.17, 15) is 0 Å². The zero-order valence-corrected chi connectivity index (χ0v) is 9.00. The number of nitrogen functional groups attached to an aromatic ring is 1. The molecule has 0 spiro atoms. The number of rotatable bonds is 0. The van der Waals surface area contributed by atoms with Gasteiger partial charge in [-0.3, -0.25) is 0 Å². The van der Waals surface area contributed by atoms with E-state index in [0.717, 1.165) is 5.69 Å². The second kappa shape index (κ2) is 3.53. The van der Waals surface area contributed by atoms with Gasteiger partial charge < -0.3 is 11.1 Å². The Morgan fingerprint density at radius 2 is 2.20 bits per heavy atom. The fraction of sp³-hybridized carbons (Fsp3) is 0.538.